The van der Waals surface area contributed by atoms with Crippen molar-refractivity contribution in [1.29, 1.82) is 0 Å². The molecule has 4 nitrogen and oxygen atoms in total. The number of benzene rings is 1. The summed E-state index contributed by atoms with van der Waals surface area (Å²) in [6.45, 7) is 16.5. The molecule has 0 saturated heterocycles. The van der Waals surface area contributed by atoms with E-state index in [1.54, 1.807) is 12.2 Å². The molecule has 1 N–H and O–H groups in total. The van der Waals surface area contributed by atoms with E-state index in [1.807, 2.05) is 79.7 Å². The number of aliphatic hydroxyl groups is 1. The molecule has 3 rings (SSSR count). The van der Waals surface area contributed by atoms with Crippen molar-refractivity contribution in [1.82, 2.24) is 0 Å². The van der Waals surface area contributed by atoms with Crippen LogP contribution in [0.25, 0.3) is 0 Å². The van der Waals surface area contributed by atoms with Gasteiger partial charge >= 0.3 is 0 Å². The molecule has 0 unspecified atom stereocenters. The molecule has 1 aliphatic heterocycles. The van der Waals surface area contributed by atoms with Crippen LogP contribution in [0.2, 0.25) is 0 Å². The van der Waals surface area contributed by atoms with Crippen molar-refractivity contribution in [2.75, 3.05) is 6.61 Å². The maximum Gasteiger partial charge on any atom is 0.217 e. The number of carbonyl (C=O) groups is 1. The van der Waals surface area contributed by atoms with Crippen molar-refractivity contribution in [2.45, 2.75) is 66.5 Å². The standard InChI is InChI=1S/C25H33NO3/c1-22(2,3)18-13-25(28,14-19(20(18)27)23(4,5)6)17-12-10-9-11-16(17)21-26-24(7,8)15-29-21/h9-14,28H,15H2,1-8H3. The van der Waals surface area contributed by atoms with Crippen molar-refractivity contribution < 1.29 is 14.6 Å². The molecule has 0 amide bonds. The molecule has 0 spiro atoms. The van der Waals surface area contributed by atoms with Crippen LogP contribution in [-0.2, 0) is 15.1 Å². The van der Waals surface area contributed by atoms with Crippen LogP contribution < -0.4 is 0 Å². The number of hydrogen-bond acceptors (Lipinski definition) is 4. The Morgan fingerprint density at radius 2 is 1.48 bits per heavy atom. The van der Waals surface area contributed by atoms with Gasteiger partial charge in [-0.15, -0.1) is 0 Å². The third-order valence-corrected chi connectivity index (χ3v) is 5.39. The highest BCUT2D eigenvalue weighted by Crippen LogP contribution is 2.44. The number of allylic oxidation sites excluding steroid dienone is 2. The van der Waals surface area contributed by atoms with Crippen molar-refractivity contribution in [2.24, 2.45) is 15.8 Å². The molecular weight excluding hydrogens is 362 g/mol. The van der Waals surface area contributed by atoms with Gasteiger partial charge in [0, 0.05) is 22.3 Å². The van der Waals surface area contributed by atoms with Crippen LogP contribution in [0.4, 0.5) is 0 Å². The summed E-state index contributed by atoms with van der Waals surface area (Å²) in [5, 5.41) is 11.9. The van der Waals surface area contributed by atoms with E-state index < -0.39 is 16.4 Å². The SMILES string of the molecule is CC1(C)COC(c2ccccc2C2(O)C=C(C(C)(C)C)C(=O)C(C(C)(C)C)=C2)=N1. The van der Waals surface area contributed by atoms with E-state index >= 15 is 0 Å². The first-order chi connectivity index (χ1) is 13.1. The lowest BCUT2D eigenvalue weighted by molar-refractivity contribution is -0.114. The van der Waals surface area contributed by atoms with Crippen molar-refractivity contribution in [3.63, 3.8) is 0 Å². The quantitative estimate of drug-likeness (QED) is 0.770. The van der Waals surface area contributed by atoms with Crippen LogP contribution in [0.5, 0.6) is 0 Å². The number of ether oxygens (including phenoxy) is 1. The molecule has 1 aromatic rings. The van der Waals surface area contributed by atoms with Gasteiger partial charge in [0.2, 0.25) is 5.90 Å². The molecule has 1 aromatic carbocycles. The minimum Gasteiger partial charge on any atom is -0.475 e. The Balaban J connectivity index is 2.25. The summed E-state index contributed by atoms with van der Waals surface area (Å²) in [6, 6.07) is 7.61. The second kappa shape index (κ2) is 6.66. The monoisotopic (exact) mass is 395 g/mol. The molecular formula is C25H33NO3. The normalized spacial score (nSPS) is 21.3. The Kier molecular flexibility index (Phi) is 4.94. The first-order valence-electron chi connectivity index (χ1n) is 10.2. The first-order valence-corrected chi connectivity index (χ1v) is 10.2. The van der Waals surface area contributed by atoms with E-state index in [9.17, 15) is 9.90 Å². The Morgan fingerprint density at radius 3 is 1.93 bits per heavy atom. The van der Waals surface area contributed by atoms with Gasteiger partial charge in [-0.1, -0.05) is 59.7 Å². The van der Waals surface area contributed by atoms with Gasteiger partial charge in [-0.2, -0.15) is 0 Å². The van der Waals surface area contributed by atoms with Gasteiger partial charge < -0.3 is 9.84 Å². The fourth-order valence-electron chi connectivity index (χ4n) is 3.77. The molecule has 1 aliphatic carbocycles. The Labute approximate surface area is 174 Å². The molecule has 0 aromatic heterocycles. The zero-order valence-corrected chi connectivity index (χ0v) is 18.9. The van der Waals surface area contributed by atoms with E-state index in [4.69, 9.17) is 9.73 Å². The maximum absolute atomic E-state index is 13.3. The number of nitrogens with zero attached hydrogens (tertiary/aromatic N) is 1. The van der Waals surface area contributed by atoms with Gasteiger partial charge in [-0.25, -0.2) is 4.99 Å². The zero-order chi connectivity index (χ0) is 21.8. The lowest BCUT2D eigenvalue weighted by Gasteiger charge is -2.37. The summed E-state index contributed by atoms with van der Waals surface area (Å²) in [6.07, 6.45) is 3.42. The lowest BCUT2D eigenvalue weighted by atomic mass is 9.68. The summed E-state index contributed by atoms with van der Waals surface area (Å²) in [7, 11) is 0. The fraction of sp³-hybridized carbons (Fsp3) is 0.520. The predicted molar refractivity (Wildman–Crippen MR) is 117 cm³/mol. The van der Waals surface area contributed by atoms with Crippen LogP contribution in [0.3, 0.4) is 0 Å². The summed E-state index contributed by atoms with van der Waals surface area (Å²) in [5.74, 6) is 0.537. The fourth-order valence-corrected chi connectivity index (χ4v) is 3.77. The topological polar surface area (TPSA) is 58.9 Å². The minimum atomic E-state index is -1.42. The zero-order valence-electron chi connectivity index (χ0n) is 18.9. The molecule has 2 aliphatic rings. The van der Waals surface area contributed by atoms with Crippen LogP contribution in [0.15, 0.2) is 52.6 Å². The number of ketones is 1. The second-order valence-corrected chi connectivity index (χ2v) is 10.8. The van der Waals surface area contributed by atoms with Crippen LogP contribution in [0.1, 0.15) is 66.5 Å². The highest BCUT2D eigenvalue weighted by Gasteiger charge is 2.42. The molecule has 0 saturated carbocycles. The molecule has 0 atom stereocenters. The number of rotatable bonds is 2. The number of Topliss-reactive ketones (excluding diaryl/α,β-unsaturated/α-hetero) is 1. The average Bonchev–Trinajstić information content (AvgIpc) is 2.95. The van der Waals surface area contributed by atoms with Crippen molar-refractivity contribution >= 4 is 11.7 Å². The number of aliphatic imine (C=N–C) groups is 1. The van der Waals surface area contributed by atoms with Crippen molar-refractivity contribution in [3.05, 3.63) is 58.7 Å². The van der Waals surface area contributed by atoms with E-state index in [1.165, 1.54) is 0 Å². The Bertz CT molecular complexity index is 900. The van der Waals surface area contributed by atoms with Crippen LogP contribution >= 0.6 is 0 Å². The molecule has 0 radical (unpaired) electrons. The van der Waals surface area contributed by atoms with Gasteiger partial charge in [0.15, 0.2) is 5.78 Å². The van der Waals surface area contributed by atoms with E-state index in [0.29, 0.717) is 29.2 Å². The molecule has 29 heavy (non-hydrogen) atoms. The van der Waals surface area contributed by atoms with E-state index in [-0.39, 0.29) is 11.3 Å². The lowest BCUT2D eigenvalue weighted by Crippen LogP contribution is -2.36. The molecule has 156 valence electrons. The average molecular weight is 396 g/mol. The first kappa shape index (κ1) is 21.5. The van der Waals surface area contributed by atoms with Crippen LogP contribution in [-0.4, -0.2) is 28.9 Å². The maximum atomic E-state index is 13.3. The molecule has 1 heterocycles. The van der Waals surface area contributed by atoms with Crippen LogP contribution in [0, 0.1) is 10.8 Å². The summed E-state index contributed by atoms with van der Waals surface area (Å²) in [5.41, 5.74) is 0.160. The molecule has 0 fully saturated rings. The highest BCUT2D eigenvalue weighted by atomic mass is 16.5. The highest BCUT2D eigenvalue weighted by molar-refractivity contribution is 6.11. The smallest absolute Gasteiger partial charge is 0.217 e. The number of hydrogen-bond donors (Lipinski definition) is 1. The predicted octanol–water partition coefficient (Wildman–Crippen LogP) is 4.96. The summed E-state index contributed by atoms with van der Waals surface area (Å²) in [4.78, 5) is 18.0. The van der Waals surface area contributed by atoms with Gasteiger partial charge in [0.25, 0.3) is 0 Å². The second-order valence-electron chi connectivity index (χ2n) is 10.8. The van der Waals surface area contributed by atoms with E-state index in [0.717, 1.165) is 5.56 Å². The molecule has 4 heteroatoms. The van der Waals surface area contributed by atoms with Gasteiger partial charge in [-0.05, 0) is 42.9 Å². The Morgan fingerprint density at radius 1 is 0.966 bits per heavy atom. The third kappa shape index (κ3) is 4.09. The minimum absolute atomic E-state index is 0.00254. The summed E-state index contributed by atoms with van der Waals surface area (Å²) < 4.78 is 5.87. The summed E-state index contributed by atoms with van der Waals surface area (Å²) >= 11 is 0. The van der Waals surface area contributed by atoms with Gasteiger partial charge in [0.1, 0.15) is 12.2 Å². The van der Waals surface area contributed by atoms with Gasteiger partial charge in [0.05, 0.1) is 5.54 Å². The van der Waals surface area contributed by atoms with Gasteiger partial charge in [-0.3, -0.25) is 4.79 Å². The molecule has 0 bridgehead atoms. The van der Waals surface area contributed by atoms with E-state index in [2.05, 4.69) is 0 Å². The Hall–Kier alpha value is -2.20. The third-order valence-electron chi connectivity index (χ3n) is 5.39. The van der Waals surface area contributed by atoms with Crippen molar-refractivity contribution in [3.8, 4) is 0 Å². The largest absolute Gasteiger partial charge is 0.475 e. The number of carbonyl (C=O) groups excluding carboxylic acids is 1.